The standard InChI is InChI=1S/C16H32O4/c1-12(9-16(4,5)6)8-15(17)20-14(3)11-19-13(2)10-18-7/h12-14H,8-11H2,1-7H3. The minimum Gasteiger partial charge on any atom is -0.460 e. The first kappa shape index (κ1) is 19.4. The molecule has 0 rings (SSSR count). The Bertz CT molecular complexity index is 270. The van der Waals surface area contributed by atoms with Crippen molar-refractivity contribution in [3.63, 3.8) is 0 Å². The summed E-state index contributed by atoms with van der Waals surface area (Å²) in [6.07, 6.45) is 1.28. The van der Waals surface area contributed by atoms with Crippen LogP contribution in [0.1, 0.15) is 54.4 Å². The molecule has 0 saturated carbocycles. The lowest BCUT2D eigenvalue weighted by Crippen LogP contribution is -2.26. The van der Waals surface area contributed by atoms with Gasteiger partial charge in [-0.2, -0.15) is 0 Å². The second kappa shape index (κ2) is 9.35. The van der Waals surface area contributed by atoms with E-state index in [0.717, 1.165) is 6.42 Å². The fraction of sp³-hybridized carbons (Fsp3) is 0.938. The van der Waals surface area contributed by atoms with Crippen LogP contribution in [0.15, 0.2) is 0 Å². The minimum atomic E-state index is -0.219. The van der Waals surface area contributed by atoms with E-state index in [9.17, 15) is 4.79 Å². The van der Waals surface area contributed by atoms with E-state index in [1.54, 1.807) is 7.11 Å². The third kappa shape index (κ3) is 11.2. The molecule has 0 aliphatic carbocycles. The van der Waals surface area contributed by atoms with Crippen molar-refractivity contribution in [2.24, 2.45) is 11.3 Å². The third-order valence-electron chi connectivity index (χ3n) is 2.83. The first-order chi connectivity index (χ1) is 9.14. The molecule has 0 saturated heterocycles. The molecule has 4 nitrogen and oxygen atoms in total. The number of carbonyl (C=O) groups is 1. The molecule has 0 aromatic heterocycles. The molecule has 0 heterocycles. The summed E-state index contributed by atoms with van der Waals surface area (Å²) in [6, 6.07) is 0. The maximum Gasteiger partial charge on any atom is 0.306 e. The molecule has 0 radical (unpaired) electrons. The molecular formula is C16H32O4. The van der Waals surface area contributed by atoms with Gasteiger partial charge >= 0.3 is 5.97 Å². The molecule has 20 heavy (non-hydrogen) atoms. The van der Waals surface area contributed by atoms with E-state index in [4.69, 9.17) is 14.2 Å². The summed E-state index contributed by atoms with van der Waals surface area (Å²) in [6.45, 7) is 13.4. The first-order valence-corrected chi connectivity index (χ1v) is 7.44. The fourth-order valence-electron chi connectivity index (χ4n) is 2.29. The summed E-state index contributed by atoms with van der Waals surface area (Å²) in [5, 5.41) is 0. The second-order valence-corrected chi connectivity index (χ2v) is 6.97. The Balaban J connectivity index is 3.90. The molecule has 0 amide bonds. The van der Waals surface area contributed by atoms with Crippen molar-refractivity contribution in [1.29, 1.82) is 0 Å². The number of esters is 1. The molecule has 0 N–H and O–H groups in total. The van der Waals surface area contributed by atoms with Crippen LogP contribution in [0.25, 0.3) is 0 Å². The Morgan fingerprint density at radius 1 is 1.05 bits per heavy atom. The predicted octanol–water partition coefficient (Wildman–Crippen LogP) is 3.43. The molecule has 0 aromatic carbocycles. The van der Waals surface area contributed by atoms with Gasteiger partial charge in [-0.15, -0.1) is 0 Å². The SMILES string of the molecule is COCC(C)OCC(C)OC(=O)CC(C)CC(C)(C)C. The Labute approximate surface area is 124 Å². The number of hydrogen-bond acceptors (Lipinski definition) is 4. The van der Waals surface area contributed by atoms with Crippen molar-refractivity contribution in [2.75, 3.05) is 20.3 Å². The molecular weight excluding hydrogens is 256 g/mol. The average Bonchev–Trinajstić information content (AvgIpc) is 2.23. The summed E-state index contributed by atoms with van der Waals surface area (Å²) >= 11 is 0. The van der Waals surface area contributed by atoms with Crippen LogP contribution in [0.5, 0.6) is 0 Å². The van der Waals surface area contributed by atoms with Crippen molar-refractivity contribution in [2.45, 2.75) is 66.6 Å². The molecule has 3 unspecified atom stereocenters. The van der Waals surface area contributed by atoms with Crippen LogP contribution in [0, 0.1) is 11.3 Å². The van der Waals surface area contributed by atoms with E-state index >= 15 is 0 Å². The maximum atomic E-state index is 11.8. The summed E-state index contributed by atoms with van der Waals surface area (Å²) in [5.41, 5.74) is 0.240. The van der Waals surface area contributed by atoms with Gasteiger partial charge in [-0.05, 0) is 31.6 Å². The highest BCUT2D eigenvalue weighted by Gasteiger charge is 2.19. The van der Waals surface area contributed by atoms with Gasteiger partial charge in [-0.3, -0.25) is 4.79 Å². The van der Waals surface area contributed by atoms with Crippen molar-refractivity contribution in [1.82, 2.24) is 0 Å². The van der Waals surface area contributed by atoms with E-state index in [1.807, 2.05) is 13.8 Å². The smallest absolute Gasteiger partial charge is 0.306 e. The monoisotopic (exact) mass is 288 g/mol. The van der Waals surface area contributed by atoms with Crippen molar-refractivity contribution in [3.8, 4) is 0 Å². The zero-order valence-electron chi connectivity index (χ0n) is 14.2. The molecule has 0 aliphatic heterocycles. The van der Waals surface area contributed by atoms with Gasteiger partial charge in [0.25, 0.3) is 0 Å². The number of ether oxygens (including phenoxy) is 3. The van der Waals surface area contributed by atoms with Crippen LogP contribution < -0.4 is 0 Å². The number of methoxy groups -OCH3 is 1. The van der Waals surface area contributed by atoms with E-state index in [2.05, 4.69) is 27.7 Å². The van der Waals surface area contributed by atoms with Gasteiger partial charge in [0, 0.05) is 13.5 Å². The maximum absolute atomic E-state index is 11.8. The molecule has 120 valence electrons. The second-order valence-electron chi connectivity index (χ2n) is 6.97. The summed E-state index contributed by atoms with van der Waals surface area (Å²) < 4.78 is 15.9. The highest BCUT2D eigenvalue weighted by molar-refractivity contribution is 5.69. The predicted molar refractivity (Wildman–Crippen MR) is 80.7 cm³/mol. The zero-order chi connectivity index (χ0) is 15.8. The summed E-state index contributed by atoms with van der Waals surface area (Å²) in [5.74, 6) is 0.195. The van der Waals surface area contributed by atoms with Crippen molar-refractivity contribution in [3.05, 3.63) is 0 Å². The Morgan fingerprint density at radius 2 is 1.65 bits per heavy atom. The van der Waals surface area contributed by atoms with E-state index in [-0.39, 0.29) is 23.6 Å². The highest BCUT2D eigenvalue weighted by Crippen LogP contribution is 2.26. The normalized spacial score (nSPS) is 16.6. The molecule has 0 bridgehead atoms. The average molecular weight is 288 g/mol. The van der Waals surface area contributed by atoms with Gasteiger partial charge in [0.05, 0.1) is 19.3 Å². The molecule has 0 aliphatic rings. The van der Waals surface area contributed by atoms with E-state index in [0.29, 0.717) is 25.6 Å². The molecule has 4 heteroatoms. The topological polar surface area (TPSA) is 44.8 Å². The number of carbonyl (C=O) groups excluding carboxylic acids is 1. The quantitative estimate of drug-likeness (QED) is 0.610. The van der Waals surface area contributed by atoms with Crippen LogP contribution in [0.2, 0.25) is 0 Å². The summed E-state index contributed by atoms with van der Waals surface area (Å²) in [4.78, 5) is 11.8. The van der Waals surface area contributed by atoms with E-state index in [1.165, 1.54) is 0 Å². The van der Waals surface area contributed by atoms with Crippen LogP contribution in [-0.4, -0.2) is 38.5 Å². The van der Waals surface area contributed by atoms with E-state index < -0.39 is 0 Å². The Morgan fingerprint density at radius 3 is 2.15 bits per heavy atom. The zero-order valence-corrected chi connectivity index (χ0v) is 14.2. The van der Waals surface area contributed by atoms with Crippen molar-refractivity contribution < 1.29 is 19.0 Å². The fourth-order valence-corrected chi connectivity index (χ4v) is 2.29. The van der Waals surface area contributed by atoms with Gasteiger partial charge in [0.15, 0.2) is 0 Å². The number of rotatable bonds is 9. The molecule has 3 atom stereocenters. The van der Waals surface area contributed by atoms with Crippen LogP contribution in [0.3, 0.4) is 0 Å². The van der Waals surface area contributed by atoms with Gasteiger partial charge in [-0.25, -0.2) is 0 Å². The van der Waals surface area contributed by atoms with Crippen molar-refractivity contribution >= 4 is 5.97 Å². The van der Waals surface area contributed by atoms with Gasteiger partial charge in [-0.1, -0.05) is 27.7 Å². The van der Waals surface area contributed by atoms with Gasteiger partial charge in [0.1, 0.15) is 6.10 Å². The molecule has 0 fully saturated rings. The minimum absolute atomic E-state index is 0.0148. The lowest BCUT2D eigenvalue weighted by atomic mass is 9.84. The Hall–Kier alpha value is -0.610. The Kier molecular flexibility index (Phi) is 9.06. The number of hydrogen-bond donors (Lipinski definition) is 0. The first-order valence-electron chi connectivity index (χ1n) is 7.44. The van der Waals surface area contributed by atoms with Crippen LogP contribution >= 0.6 is 0 Å². The van der Waals surface area contributed by atoms with Crippen LogP contribution in [0.4, 0.5) is 0 Å². The molecule has 0 spiro atoms. The third-order valence-corrected chi connectivity index (χ3v) is 2.83. The highest BCUT2D eigenvalue weighted by atomic mass is 16.6. The largest absolute Gasteiger partial charge is 0.460 e. The van der Waals surface area contributed by atoms with Gasteiger partial charge in [0.2, 0.25) is 0 Å². The summed E-state index contributed by atoms with van der Waals surface area (Å²) in [7, 11) is 1.64. The molecule has 0 aromatic rings. The van der Waals surface area contributed by atoms with Gasteiger partial charge < -0.3 is 14.2 Å². The lowest BCUT2D eigenvalue weighted by Gasteiger charge is -2.23. The lowest BCUT2D eigenvalue weighted by molar-refractivity contribution is -0.153. The van der Waals surface area contributed by atoms with Crippen LogP contribution in [-0.2, 0) is 19.0 Å².